The van der Waals surface area contributed by atoms with Crippen molar-refractivity contribution in [2.75, 3.05) is 0 Å². The van der Waals surface area contributed by atoms with Crippen LogP contribution in [-0.4, -0.2) is 18.2 Å². The highest BCUT2D eigenvalue weighted by Gasteiger charge is 2.15. The molecule has 0 saturated carbocycles. The van der Waals surface area contributed by atoms with Gasteiger partial charge in [-0.2, -0.15) is 5.10 Å². The quantitative estimate of drug-likeness (QED) is 0.753. The minimum absolute atomic E-state index is 0.0777. The van der Waals surface area contributed by atoms with Crippen LogP contribution in [0.4, 0.5) is 0 Å². The summed E-state index contributed by atoms with van der Waals surface area (Å²) in [5.74, 6) is 0. The molecular formula is C8H13ClN2O2S. The third-order valence-corrected chi connectivity index (χ3v) is 3.34. The zero-order chi connectivity index (χ0) is 10.8. The van der Waals surface area contributed by atoms with Gasteiger partial charge < -0.3 is 0 Å². The normalized spacial score (nSPS) is 12.3. The number of hydrogen-bond donors (Lipinski definition) is 0. The van der Waals surface area contributed by atoms with E-state index in [1.165, 1.54) is 6.07 Å². The van der Waals surface area contributed by atoms with Crippen molar-refractivity contribution in [2.45, 2.75) is 37.8 Å². The number of nitrogens with zero attached hydrogens (tertiary/aromatic N) is 2. The topological polar surface area (TPSA) is 52.0 Å². The largest absolute Gasteiger partial charge is 0.280 e. The Balaban J connectivity index is 2.99. The van der Waals surface area contributed by atoms with Gasteiger partial charge in [-0.05, 0) is 18.9 Å². The number of halogens is 1. The standard InChI is InChI=1S/C8H13ClN2O2S/c1-3-7(4-2)11-6-5-8(10-11)14(9,12)13/h5-7H,3-4H2,1-2H3. The lowest BCUT2D eigenvalue weighted by Crippen LogP contribution is -2.08. The Morgan fingerprint density at radius 2 is 2.07 bits per heavy atom. The molecule has 0 fully saturated rings. The van der Waals surface area contributed by atoms with Crippen molar-refractivity contribution in [3.8, 4) is 0 Å². The summed E-state index contributed by atoms with van der Waals surface area (Å²) in [5.41, 5.74) is 0. The summed E-state index contributed by atoms with van der Waals surface area (Å²) in [6, 6.07) is 1.66. The van der Waals surface area contributed by atoms with E-state index in [0.717, 1.165) is 12.8 Å². The third-order valence-electron chi connectivity index (χ3n) is 2.15. The van der Waals surface area contributed by atoms with Crippen LogP contribution in [0.25, 0.3) is 0 Å². The van der Waals surface area contributed by atoms with E-state index >= 15 is 0 Å². The Labute approximate surface area is 88.3 Å². The van der Waals surface area contributed by atoms with Gasteiger partial charge in [0, 0.05) is 16.9 Å². The molecule has 0 radical (unpaired) electrons. The number of hydrogen-bond acceptors (Lipinski definition) is 3. The lowest BCUT2D eigenvalue weighted by Gasteiger charge is -2.11. The number of aromatic nitrogens is 2. The molecule has 1 rings (SSSR count). The minimum Gasteiger partial charge on any atom is -0.268 e. The van der Waals surface area contributed by atoms with Crippen LogP contribution >= 0.6 is 10.7 Å². The van der Waals surface area contributed by atoms with E-state index < -0.39 is 9.05 Å². The first-order chi connectivity index (χ1) is 6.49. The molecule has 0 N–H and O–H groups in total. The average Bonchev–Trinajstić information content (AvgIpc) is 2.54. The van der Waals surface area contributed by atoms with E-state index in [4.69, 9.17) is 10.7 Å². The van der Waals surface area contributed by atoms with E-state index in [-0.39, 0.29) is 11.1 Å². The summed E-state index contributed by atoms with van der Waals surface area (Å²) in [6.45, 7) is 4.06. The molecule has 0 amide bonds. The first kappa shape index (κ1) is 11.5. The highest BCUT2D eigenvalue weighted by Crippen LogP contribution is 2.17. The predicted octanol–water partition coefficient (Wildman–Crippen LogP) is 2.17. The van der Waals surface area contributed by atoms with Gasteiger partial charge in [0.1, 0.15) is 0 Å². The molecule has 0 aliphatic heterocycles. The van der Waals surface area contributed by atoms with Gasteiger partial charge in [-0.1, -0.05) is 13.8 Å². The van der Waals surface area contributed by atoms with Crippen LogP contribution in [0, 0.1) is 0 Å². The monoisotopic (exact) mass is 236 g/mol. The SMILES string of the molecule is CCC(CC)n1ccc(S(=O)(=O)Cl)n1. The summed E-state index contributed by atoms with van der Waals surface area (Å²) in [4.78, 5) is 0. The van der Waals surface area contributed by atoms with Crippen molar-refractivity contribution >= 4 is 19.7 Å². The first-order valence-electron chi connectivity index (χ1n) is 4.48. The molecule has 1 aromatic rings. The van der Waals surface area contributed by atoms with Crippen molar-refractivity contribution in [3.05, 3.63) is 12.3 Å². The van der Waals surface area contributed by atoms with Gasteiger partial charge in [0.25, 0.3) is 9.05 Å². The van der Waals surface area contributed by atoms with Crippen LogP contribution in [0.5, 0.6) is 0 Å². The lowest BCUT2D eigenvalue weighted by atomic mass is 10.2. The van der Waals surface area contributed by atoms with E-state index in [0.29, 0.717) is 0 Å². The van der Waals surface area contributed by atoms with Crippen LogP contribution in [0.2, 0.25) is 0 Å². The van der Waals surface area contributed by atoms with Crippen LogP contribution < -0.4 is 0 Å². The predicted molar refractivity (Wildman–Crippen MR) is 54.9 cm³/mol. The molecule has 0 aliphatic carbocycles. The van der Waals surface area contributed by atoms with Crippen molar-refractivity contribution in [2.24, 2.45) is 0 Å². The molecule has 0 bridgehead atoms. The number of rotatable bonds is 4. The van der Waals surface area contributed by atoms with Crippen molar-refractivity contribution in [1.29, 1.82) is 0 Å². The molecule has 1 aromatic heterocycles. The Bertz CT molecular complexity index is 395. The fourth-order valence-electron chi connectivity index (χ4n) is 1.32. The lowest BCUT2D eigenvalue weighted by molar-refractivity contribution is 0.421. The van der Waals surface area contributed by atoms with Gasteiger partial charge in [-0.25, -0.2) is 8.42 Å². The molecule has 1 heterocycles. The summed E-state index contributed by atoms with van der Waals surface area (Å²) >= 11 is 0. The van der Waals surface area contributed by atoms with E-state index in [2.05, 4.69) is 5.10 Å². The molecule has 0 unspecified atom stereocenters. The highest BCUT2D eigenvalue weighted by molar-refractivity contribution is 8.13. The fourth-order valence-corrected chi connectivity index (χ4v) is 1.98. The summed E-state index contributed by atoms with van der Waals surface area (Å²) in [6.07, 6.45) is 3.48. The molecule has 80 valence electrons. The van der Waals surface area contributed by atoms with Crippen molar-refractivity contribution in [3.63, 3.8) is 0 Å². The highest BCUT2D eigenvalue weighted by atomic mass is 35.7. The van der Waals surface area contributed by atoms with Gasteiger partial charge >= 0.3 is 0 Å². The van der Waals surface area contributed by atoms with Crippen LogP contribution in [0.15, 0.2) is 17.3 Å². The zero-order valence-electron chi connectivity index (χ0n) is 8.14. The molecule has 0 spiro atoms. The fraction of sp³-hybridized carbons (Fsp3) is 0.625. The van der Waals surface area contributed by atoms with Crippen molar-refractivity contribution < 1.29 is 8.42 Å². The molecular weight excluding hydrogens is 224 g/mol. The molecule has 0 saturated heterocycles. The van der Waals surface area contributed by atoms with Crippen LogP contribution in [-0.2, 0) is 9.05 Å². The van der Waals surface area contributed by atoms with Gasteiger partial charge in [0.05, 0.1) is 6.04 Å². The maximum absolute atomic E-state index is 10.9. The minimum atomic E-state index is -3.69. The molecule has 14 heavy (non-hydrogen) atoms. The van der Waals surface area contributed by atoms with Crippen LogP contribution in [0.1, 0.15) is 32.7 Å². The van der Waals surface area contributed by atoms with E-state index in [1.807, 2.05) is 13.8 Å². The summed E-state index contributed by atoms with van der Waals surface area (Å²) in [5, 5.41) is 3.84. The Kier molecular flexibility index (Phi) is 3.55. The van der Waals surface area contributed by atoms with Gasteiger partial charge in [-0.3, -0.25) is 4.68 Å². The van der Waals surface area contributed by atoms with E-state index in [1.54, 1.807) is 10.9 Å². The maximum Gasteiger partial charge on any atom is 0.280 e. The molecule has 6 heteroatoms. The van der Waals surface area contributed by atoms with Crippen molar-refractivity contribution in [1.82, 2.24) is 9.78 Å². The molecule has 0 aliphatic rings. The summed E-state index contributed by atoms with van der Waals surface area (Å²) < 4.78 is 23.5. The van der Waals surface area contributed by atoms with Gasteiger partial charge in [0.15, 0.2) is 5.03 Å². The smallest absolute Gasteiger partial charge is 0.268 e. The Morgan fingerprint density at radius 3 is 2.43 bits per heavy atom. The Morgan fingerprint density at radius 1 is 1.50 bits per heavy atom. The second-order valence-corrected chi connectivity index (χ2v) is 5.55. The average molecular weight is 237 g/mol. The third kappa shape index (κ3) is 2.48. The van der Waals surface area contributed by atoms with Gasteiger partial charge in [0.2, 0.25) is 0 Å². The zero-order valence-corrected chi connectivity index (χ0v) is 9.72. The maximum atomic E-state index is 10.9. The van der Waals surface area contributed by atoms with Crippen LogP contribution in [0.3, 0.4) is 0 Å². The molecule has 4 nitrogen and oxygen atoms in total. The second-order valence-electron chi connectivity index (χ2n) is 3.04. The Hall–Kier alpha value is -0.550. The first-order valence-corrected chi connectivity index (χ1v) is 6.79. The van der Waals surface area contributed by atoms with Gasteiger partial charge in [-0.15, -0.1) is 0 Å². The summed E-state index contributed by atoms with van der Waals surface area (Å²) in [7, 11) is 1.47. The molecule has 0 atom stereocenters. The molecule has 0 aromatic carbocycles. The van der Waals surface area contributed by atoms with E-state index in [9.17, 15) is 8.42 Å². The second kappa shape index (κ2) is 4.31.